The van der Waals surface area contributed by atoms with E-state index in [9.17, 15) is 0 Å². The highest BCUT2D eigenvalue weighted by Crippen LogP contribution is 2.22. The maximum absolute atomic E-state index is 4.73. The zero-order valence-electron chi connectivity index (χ0n) is 16.2. The van der Waals surface area contributed by atoms with Gasteiger partial charge in [-0.2, -0.15) is 5.10 Å². The molecule has 2 aromatic rings. The summed E-state index contributed by atoms with van der Waals surface area (Å²) in [6, 6.07) is 0.124. The lowest BCUT2D eigenvalue weighted by Gasteiger charge is -2.25. The van der Waals surface area contributed by atoms with Crippen LogP contribution in [-0.4, -0.2) is 42.0 Å². The minimum absolute atomic E-state index is 0.124. The van der Waals surface area contributed by atoms with Crippen LogP contribution in [0.15, 0.2) is 4.99 Å². The number of nitrogens with one attached hydrogen (secondary N) is 2. The first-order valence-electron chi connectivity index (χ1n) is 9.39. The summed E-state index contributed by atoms with van der Waals surface area (Å²) in [5.41, 5.74) is 0. The topological polar surface area (TPSA) is 97.8 Å². The smallest absolute Gasteiger partial charge is 0.192 e. The first-order chi connectivity index (χ1) is 12.6. The fourth-order valence-electron chi connectivity index (χ4n) is 3.04. The molecule has 2 N–H and O–H groups in total. The van der Waals surface area contributed by atoms with Crippen molar-refractivity contribution in [1.29, 1.82) is 0 Å². The summed E-state index contributed by atoms with van der Waals surface area (Å²) in [5.74, 6) is 4.34. The fourth-order valence-corrected chi connectivity index (χ4v) is 3.04. The molecule has 0 aliphatic carbocycles. The molecule has 3 rings (SSSR count). The van der Waals surface area contributed by atoms with Gasteiger partial charge >= 0.3 is 0 Å². The summed E-state index contributed by atoms with van der Waals surface area (Å²) >= 11 is 0. The van der Waals surface area contributed by atoms with Gasteiger partial charge in [0.15, 0.2) is 11.8 Å². The van der Waals surface area contributed by atoms with Gasteiger partial charge in [-0.1, -0.05) is 13.3 Å². The van der Waals surface area contributed by atoms with E-state index in [2.05, 4.69) is 37.8 Å². The second-order valence-corrected chi connectivity index (χ2v) is 6.75. The van der Waals surface area contributed by atoms with Crippen molar-refractivity contribution in [3.05, 3.63) is 23.3 Å². The van der Waals surface area contributed by atoms with Crippen molar-refractivity contribution in [2.45, 2.75) is 65.6 Å². The number of hydrogen-bond acceptors (Lipinski definition) is 5. The molecular formula is C17H29N9. The molecule has 0 amide bonds. The zero-order valence-corrected chi connectivity index (χ0v) is 16.2. The SMILES string of the molecule is CCCCNC(=NCc1nnc(C)n1C)NC1CCCn2nc(C)nc21. The average molecular weight is 359 g/mol. The monoisotopic (exact) mass is 359 g/mol. The van der Waals surface area contributed by atoms with Crippen molar-refractivity contribution in [1.82, 2.24) is 40.2 Å². The van der Waals surface area contributed by atoms with Gasteiger partial charge in [0.25, 0.3) is 0 Å². The highest BCUT2D eigenvalue weighted by atomic mass is 15.4. The number of aliphatic imine (C=N–C) groups is 1. The summed E-state index contributed by atoms with van der Waals surface area (Å²) in [6.07, 6.45) is 4.34. The Morgan fingerprint density at radius 2 is 2.15 bits per heavy atom. The van der Waals surface area contributed by atoms with Crippen LogP contribution >= 0.6 is 0 Å². The third-order valence-corrected chi connectivity index (χ3v) is 4.68. The Kier molecular flexibility index (Phi) is 5.85. The predicted octanol–water partition coefficient (Wildman–Crippen LogP) is 1.39. The van der Waals surface area contributed by atoms with Crippen molar-refractivity contribution in [2.24, 2.45) is 12.0 Å². The van der Waals surface area contributed by atoms with Crippen LogP contribution in [0, 0.1) is 13.8 Å². The normalized spacial score (nSPS) is 17.2. The van der Waals surface area contributed by atoms with E-state index in [1.54, 1.807) is 0 Å². The van der Waals surface area contributed by atoms with Crippen molar-refractivity contribution >= 4 is 5.96 Å². The van der Waals surface area contributed by atoms with E-state index >= 15 is 0 Å². The molecule has 0 saturated carbocycles. The molecule has 1 aliphatic rings. The second-order valence-electron chi connectivity index (χ2n) is 6.75. The standard InChI is InChI=1S/C17H29N9/c1-5-6-9-18-17(19-11-15-23-22-13(3)25(15)4)21-14-8-7-10-26-16(14)20-12(2)24-26/h14H,5-11H2,1-4H3,(H2,18,19,21). The highest BCUT2D eigenvalue weighted by Gasteiger charge is 2.24. The molecule has 2 aromatic heterocycles. The summed E-state index contributed by atoms with van der Waals surface area (Å²) < 4.78 is 3.97. The zero-order chi connectivity index (χ0) is 18.5. The molecule has 0 bridgehead atoms. The minimum Gasteiger partial charge on any atom is -0.356 e. The molecular weight excluding hydrogens is 330 g/mol. The van der Waals surface area contributed by atoms with E-state index in [-0.39, 0.29) is 6.04 Å². The van der Waals surface area contributed by atoms with Crippen LogP contribution in [-0.2, 0) is 20.1 Å². The molecule has 9 nitrogen and oxygen atoms in total. The number of nitrogens with zero attached hydrogens (tertiary/aromatic N) is 7. The fraction of sp³-hybridized carbons (Fsp3) is 0.706. The quantitative estimate of drug-likeness (QED) is 0.459. The van der Waals surface area contributed by atoms with Crippen LogP contribution in [0.1, 0.15) is 61.9 Å². The van der Waals surface area contributed by atoms with E-state index < -0.39 is 0 Å². The largest absolute Gasteiger partial charge is 0.356 e. The van der Waals surface area contributed by atoms with Gasteiger partial charge in [0.2, 0.25) is 0 Å². The van der Waals surface area contributed by atoms with E-state index in [1.807, 2.05) is 30.1 Å². The molecule has 26 heavy (non-hydrogen) atoms. The molecule has 3 heterocycles. The molecule has 1 unspecified atom stereocenters. The first kappa shape index (κ1) is 18.3. The van der Waals surface area contributed by atoms with Gasteiger partial charge in [-0.05, 0) is 33.1 Å². The van der Waals surface area contributed by atoms with Crippen LogP contribution < -0.4 is 10.6 Å². The lowest BCUT2D eigenvalue weighted by molar-refractivity contribution is 0.397. The van der Waals surface area contributed by atoms with Crippen molar-refractivity contribution in [2.75, 3.05) is 6.54 Å². The Morgan fingerprint density at radius 3 is 2.88 bits per heavy atom. The van der Waals surface area contributed by atoms with Gasteiger partial charge in [-0.15, -0.1) is 10.2 Å². The third kappa shape index (κ3) is 4.20. The number of hydrogen-bond donors (Lipinski definition) is 2. The summed E-state index contributed by atoms with van der Waals surface area (Å²) in [6.45, 7) is 8.36. The van der Waals surface area contributed by atoms with E-state index in [0.29, 0.717) is 6.54 Å². The predicted molar refractivity (Wildman–Crippen MR) is 99.7 cm³/mol. The van der Waals surface area contributed by atoms with Gasteiger partial charge in [0, 0.05) is 20.1 Å². The number of unbranched alkanes of at least 4 members (excludes halogenated alkanes) is 1. The minimum atomic E-state index is 0.124. The summed E-state index contributed by atoms with van der Waals surface area (Å²) in [7, 11) is 1.96. The van der Waals surface area contributed by atoms with Crippen LogP contribution in [0.25, 0.3) is 0 Å². The molecule has 9 heteroatoms. The molecule has 0 saturated heterocycles. The Labute approximate surface area is 154 Å². The summed E-state index contributed by atoms with van der Waals surface area (Å²) in [5, 5.41) is 19.7. The van der Waals surface area contributed by atoms with Crippen molar-refractivity contribution in [3.8, 4) is 0 Å². The maximum Gasteiger partial charge on any atom is 0.192 e. The lowest BCUT2D eigenvalue weighted by atomic mass is 10.1. The molecule has 0 aromatic carbocycles. The Balaban J connectivity index is 1.73. The van der Waals surface area contributed by atoms with Gasteiger partial charge in [0.1, 0.15) is 24.0 Å². The highest BCUT2D eigenvalue weighted by molar-refractivity contribution is 5.80. The first-order valence-corrected chi connectivity index (χ1v) is 9.39. The van der Waals surface area contributed by atoms with Crippen LogP contribution in [0.5, 0.6) is 0 Å². The van der Waals surface area contributed by atoms with Gasteiger partial charge in [0.05, 0.1) is 6.04 Å². The van der Waals surface area contributed by atoms with Crippen LogP contribution in [0.4, 0.5) is 0 Å². The van der Waals surface area contributed by atoms with E-state index in [0.717, 1.165) is 68.0 Å². The Hall–Kier alpha value is -2.45. The van der Waals surface area contributed by atoms with Crippen LogP contribution in [0.2, 0.25) is 0 Å². The number of aromatic nitrogens is 6. The lowest BCUT2D eigenvalue weighted by Crippen LogP contribution is -2.42. The molecule has 0 fully saturated rings. The molecule has 1 aliphatic heterocycles. The summed E-state index contributed by atoms with van der Waals surface area (Å²) in [4.78, 5) is 9.33. The molecule has 0 spiro atoms. The Morgan fingerprint density at radius 1 is 1.31 bits per heavy atom. The molecule has 1 atom stereocenters. The van der Waals surface area contributed by atoms with Crippen molar-refractivity contribution < 1.29 is 0 Å². The second kappa shape index (κ2) is 8.29. The number of aryl methyl sites for hydroxylation is 3. The van der Waals surface area contributed by atoms with Crippen LogP contribution in [0.3, 0.4) is 0 Å². The average Bonchev–Trinajstić information content (AvgIpc) is 3.16. The van der Waals surface area contributed by atoms with Gasteiger partial charge in [-0.25, -0.2) is 14.7 Å². The number of guanidine groups is 1. The van der Waals surface area contributed by atoms with E-state index in [1.165, 1.54) is 0 Å². The maximum atomic E-state index is 4.73. The third-order valence-electron chi connectivity index (χ3n) is 4.68. The van der Waals surface area contributed by atoms with Gasteiger partial charge in [-0.3, -0.25) is 0 Å². The van der Waals surface area contributed by atoms with Crippen molar-refractivity contribution in [3.63, 3.8) is 0 Å². The molecule has 0 radical (unpaired) electrons. The Bertz CT molecular complexity index is 758. The van der Waals surface area contributed by atoms with Gasteiger partial charge < -0.3 is 15.2 Å². The molecule has 142 valence electrons. The number of fused-ring (bicyclic) bond motifs is 1. The number of rotatable bonds is 6. The van der Waals surface area contributed by atoms with E-state index in [4.69, 9.17) is 4.99 Å².